The lowest BCUT2D eigenvalue weighted by atomic mass is 10.0. The van der Waals surface area contributed by atoms with E-state index >= 15 is 0 Å². The fraction of sp³-hybridized carbons (Fsp3) is 0.571. The molecule has 1 aromatic carbocycles. The maximum atomic E-state index is 12.8. The largest absolute Gasteiger partial charge is 0.336 e. The van der Waals surface area contributed by atoms with Gasteiger partial charge in [-0.1, -0.05) is 30.3 Å². The first-order valence-electron chi connectivity index (χ1n) is 9.92. The number of likely N-dealkylation sites (N-methyl/N-ethyl adjacent to an activating group) is 1. The Balaban J connectivity index is 1.50. The van der Waals surface area contributed by atoms with Crippen LogP contribution < -0.4 is 0 Å². The van der Waals surface area contributed by atoms with E-state index in [9.17, 15) is 9.59 Å². The molecule has 2 heterocycles. The summed E-state index contributed by atoms with van der Waals surface area (Å²) in [6.45, 7) is 3.08. The third-order valence-corrected chi connectivity index (χ3v) is 5.59. The second kappa shape index (κ2) is 9.13. The summed E-state index contributed by atoms with van der Waals surface area (Å²) in [5.74, 6) is -0.0676. The lowest BCUT2D eigenvalue weighted by molar-refractivity contribution is -0.131. The molecule has 1 aromatic rings. The van der Waals surface area contributed by atoms with Crippen molar-refractivity contribution in [1.29, 1.82) is 0 Å². The zero-order chi connectivity index (χ0) is 19.2. The molecule has 0 saturated carbocycles. The van der Waals surface area contributed by atoms with E-state index in [0.717, 1.165) is 45.3 Å². The number of amides is 2. The van der Waals surface area contributed by atoms with Crippen molar-refractivity contribution in [3.8, 4) is 0 Å². The maximum absolute atomic E-state index is 12.8. The minimum Gasteiger partial charge on any atom is -0.336 e. The van der Waals surface area contributed by atoms with Gasteiger partial charge in [0.05, 0.1) is 0 Å². The molecule has 2 amide bonds. The van der Waals surface area contributed by atoms with E-state index in [0.29, 0.717) is 18.6 Å². The van der Waals surface area contributed by atoms with E-state index in [1.54, 1.807) is 7.05 Å². The second-order valence-corrected chi connectivity index (χ2v) is 7.57. The molecule has 1 unspecified atom stereocenters. The van der Waals surface area contributed by atoms with Gasteiger partial charge < -0.3 is 9.80 Å². The van der Waals surface area contributed by atoms with Crippen LogP contribution in [-0.4, -0.2) is 72.1 Å². The number of aryl methyl sites for hydroxylation is 1. The number of hydrogen-bond acceptors (Lipinski definition) is 4. The molecule has 2 aliphatic rings. The normalized spacial score (nSPS) is 21.1. The van der Waals surface area contributed by atoms with Crippen molar-refractivity contribution < 1.29 is 9.59 Å². The number of piperidine rings is 1. The first-order valence-corrected chi connectivity index (χ1v) is 9.92. The number of likely N-dealkylation sites (tertiary alicyclic amines) is 1. The smallest absolute Gasteiger partial charge is 0.270 e. The third kappa shape index (κ3) is 5.16. The molecule has 146 valence electrons. The Labute approximate surface area is 161 Å². The topological polar surface area (TPSA) is 56.2 Å². The number of carbonyl (C=O) groups is 2. The Morgan fingerprint density at radius 3 is 2.78 bits per heavy atom. The van der Waals surface area contributed by atoms with Crippen molar-refractivity contribution in [2.45, 2.75) is 44.6 Å². The number of benzene rings is 1. The first-order chi connectivity index (χ1) is 13.0. The average Bonchev–Trinajstić information content (AvgIpc) is 2.70. The van der Waals surface area contributed by atoms with Crippen molar-refractivity contribution in [3.63, 3.8) is 0 Å². The molecule has 0 bridgehead atoms. The molecule has 0 N–H and O–H groups in total. The highest BCUT2D eigenvalue weighted by atomic mass is 16.2. The van der Waals surface area contributed by atoms with Gasteiger partial charge in [-0.15, -0.1) is 0 Å². The molecule has 2 aliphatic heterocycles. The van der Waals surface area contributed by atoms with E-state index in [1.165, 1.54) is 10.6 Å². The fourth-order valence-electron chi connectivity index (χ4n) is 3.89. The summed E-state index contributed by atoms with van der Waals surface area (Å²) in [6, 6.07) is 10.8. The summed E-state index contributed by atoms with van der Waals surface area (Å²) in [4.78, 5) is 28.7. The second-order valence-electron chi connectivity index (χ2n) is 7.57. The molecule has 1 saturated heterocycles. The first kappa shape index (κ1) is 19.5. The molecule has 0 spiro atoms. The molecule has 27 heavy (non-hydrogen) atoms. The van der Waals surface area contributed by atoms with Crippen LogP contribution in [-0.2, 0) is 16.0 Å². The highest BCUT2D eigenvalue weighted by Crippen LogP contribution is 2.18. The van der Waals surface area contributed by atoms with Gasteiger partial charge in [-0.2, -0.15) is 5.10 Å². The number of rotatable bonds is 6. The Bertz CT molecular complexity index is 689. The average molecular weight is 370 g/mol. The molecule has 0 aliphatic carbocycles. The summed E-state index contributed by atoms with van der Waals surface area (Å²) >= 11 is 0. The van der Waals surface area contributed by atoms with E-state index in [1.807, 2.05) is 11.9 Å². The predicted molar refractivity (Wildman–Crippen MR) is 106 cm³/mol. The van der Waals surface area contributed by atoms with Crippen molar-refractivity contribution >= 4 is 17.5 Å². The van der Waals surface area contributed by atoms with E-state index in [2.05, 4.69) is 40.3 Å². The summed E-state index contributed by atoms with van der Waals surface area (Å²) in [5.41, 5.74) is 1.88. The van der Waals surface area contributed by atoms with E-state index in [4.69, 9.17) is 0 Å². The standard InChI is InChI=1S/C21H30N4O2/c1-23(21(27)19-12-13-20(26)24(2)22-19)18-11-7-15-25(16-18)14-6-10-17-8-4-3-5-9-17/h3-5,8-9,18H,6-7,10-16H2,1-2H3. The van der Waals surface area contributed by atoms with Gasteiger partial charge in [-0.25, -0.2) is 5.01 Å². The molecular weight excluding hydrogens is 340 g/mol. The van der Waals surface area contributed by atoms with Crippen molar-refractivity contribution in [2.75, 3.05) is 33.7 Å². The number of nitrogens with zero attached hydrogens (tertiary/aromatic N) is 4. The van der Waals surface area contributed by atoms with Crippen molar-refractivity contribution in [1.82, 2.24) is 14.8 Å². The lowest BCUT2D eigenvalue weighted by Crippen LogP contribution is -2.51. The molecule has 6 heteroatoms. The van der Waals surface area contributed by atoms with Gasteiger partial charge in [-0.3, -0.25) is 9.59 Å². The predicted octanol–water partition coefficient (Wildman–Crippen LogP) is 2.15. The molecular formula is C21H30N4O2. The molecule has 1 fully saturated rings. The molecule has 1 atom stereocenters. The van der Waals surface area contributed by atoms with Gasteiger partial charge >= 0.3 is 0 Å². The van der Waals surface area contributed by atoms with E-state index < -0.39 is 0 Å². The van der Waals surface area contributed by atoms with Crippen molar-refractivity contribution in [2.24, 2.45) is 5.10 Å². The van der Waals surface area contributed by atoms with Crippen LogP contribution >= 0.6 is 0 Å². The monoisotopic (exact) mass is 370 g/mol. The van der Waals surface area contributed by atoms with Crippen LogP contribution in [0.3, 0.4) is 0 Å². The summed E-state index contributed by atoms with van der Waals surface area (Å²) in [5, 5.41) is 5.47. The van der Waals surface area contributed by atoms with Gasteiger partial charge in [-0.05, 0) is 44.3 Å². The molecule has 3 rings (SSSR count). The zero-order valence-electron chi connectivity index (χ0n) is 16.4. The minimum absolute atomic E-state index is 0.0311. The highest BCUT2D eigenvalue weighted by molar-refractivity contribution is 6.39. The zero-order valence-corrected chi connectivity index (χ0v) is 16.4. The summed E-state index contributed by atoms with van der Waals surface area (Å²) in [7, 11) is 3.49. The van der Waals surface area contributed by atoms with Gasteiger partial charge in [0, 0.05) is 39.5 Å². The van der Waals surface area contributed by atoms with Crippen LogP contribution in [0.2, 0.25) is 0 Å². The van der Waals surface area contributed by atoms with Crippen molar-refractivity contribution in [3.05, 3.63) is 35.9 Å². The Morgan fingerprint density at radius 2 is 2.04 bits per heavy atom. The van der Waals surface area contributed by atoms with Crippen LogP contribution in [0.1, 0.15) is 37.7 Å². The molecule has 0 radical (unpaired) electrons. The van der Waals surface area contributed by atoms with Crippen LogP contribution in [0.15, 0.2) is 35.4 Å². The van der Waals surface area contributed by atoms with Gasteiger partial charge in [0.15, 0.2) is 0 Å². The van der Waals surface area contributed by atoms with Crippen LogP contribution in [0.5, 0.6) is 0 Å². The SMILES string of the molecule is CN1N=C(C(=O)N(C)C2CCCN(CCCc3ccccc3)C2)CCC1=O. The number of hydrazone groups is 1. The fourth-order valence-corrected chi connectivity index (χ4v) is 3.89. The Morgan fingerprint density at radius 1 is 1.26 bits per heavy atom. The van der Waals surface area contributed by atoms with Crippen LogP contribution in [0.25, 0.3) is 0 Å². The van der Waals surface area contributed by atoms with Gasteiger partial charge in [0.1, 0.15) is 5.71 Å². The Kier molecular flexibility index (Phi) is 6.61. The quantitative estimate of drug-likeness (QED) is 0.771. The molecule has 0 aromatic heterocycles. The van der Waals surface area contributed by atoms with Crippen LogP contribution in [0.4, 0.5) is 0 Å². The number of carbonyl (C=O) groups excluding carboxylic acids is 2. The van der Waals surface area contributed by atoms with Gasteiger partial charge in [0.25, 0.3) is 5.91 Å². The summed E-state index contributed by atoms with van der Waals surface area (Å²) < 4.78 is 0. The van der Waals surface area contributed by atoms with E-state index in [-0.39, 0.29) is 17.9 Å². The highest BCUT2D eigenvalue weighted by Gasteiger charge is 2.30. The lowest BCUT2D eigenvalue weighted by Gasteiger charge is -2.38. The summed E-state index contributed by atoms with van der Waals surface area (Å²) in [6.07, 6.45) is 5.17. The van der Waals surface area contributed by atoms with Gasteiger partial charge in [0.2, 0.25) is 5.91 Å². The molecule has 6 nitrogen and oxygen atoms in total. The minimum atomic E-state index is -0.0366. The third-order valence-electron chi connectivity index (χ3n) is 5.59. The number of hydrogen-bond donors (Lipinski definition) is 0. The van der Waals surface area contributed by atoms with Crippen LogP contribution in [0, 0.1) is 0 Å². The Hall–Kier alpha value is -2.21. The maximum Gasteiger partial charge on any atom is 0.270 e.